The fraction of sp³-hybridized carbons (Fsp3) is 0.889. The van der Waals surface area contributed by atoms with Crippen molar-refractivity contribution in [1.29, 1.82) is 0 Å². The van der Waals surface area contributed by atoms with Gasteiger partial charge in [-0.25, -0.2) is 0 Å². The number of rotatable bonds is 8. The Morgan fingerprint density at radius 2 is 2.31 bits per heavy atom. The first-order valence-corrected chi connectivity index (χ1v) is 4.71. The molecule has 1 unspecified atom stereocenters. The molecular weight excluding hydrogens is 170 g/mol. The molecule has 13 heavy (non-hydrogen) atoms. The zero-order chi connectivity index (χ0) is 10.1. The Balaban J connectivity index is 3.45. The highest BCUT2D eigenvalue weighted by Gasteiger charge is 2.07. The lowest BCUT2D eigenvalue weighted by Gasteiger charge is -2.15. The average Bonchev–Trinajstić information content (AvgIpc) is 2.10. The second-order valence-corrected chi connectivity index (χ2v) is 2.93. The molecule has 2 N–H and O–H groups in total. The first-order chi connectivity index (χ1) is 6.20. The van der Waals surface area contributed by atoms with Crippen LogP contribution in [0.4, 0.5) is 0 Å². The van der Waals surface area contributed by atoms with E-state index in [-0.39, 0.29) is 12.6 Å². The highest BCUT2D eigenvalue weighted by Crippen LogP contribution is 2.00. The number of hydrogen-bond acceptors (Lipinski definition) is 3. The molecule has 0 aromatic rings. The number of carbonyl (C=O) groups is 1. The van der Waals surface area contributed by atoms with Crippen LogP contribution < -0.4 is 5.32 Å². The summed E-state index contributed by atoms with van der Waals surface area (Å²) in [5.74, 6) is -0.778. The molecule has 0 heterocycles. The smallest absolute Gasteiger partial charge is 0.303 e. The quantitative estimate of drug-likeness (QED) is 0.445. The van der Waals surface area contributed by atoms with Crippen LogP contribution in [-0.4, -0.2) is 31.0 Å². The van der Waals surface area contributed by atoms with Gasteiger partial charge in [-0.05, 0) is 19.9 Å². The van der Waals surface area contributed by atoms with Crippen molar-refractivity contribution in [3.8, 4) is 0 Å². The Labute approximate surface area is 79.3 Å². The van der Waals surface area contributed by atoms with Gasteiger partial charge in [-0.2, -0.15) is 0 Å². The second-order valence-electron chi connectivity index (χ2n) is 2.93. The van der Waals surface area contributed by atoms with Gasteiger partial charge in [-0.3, -0.25) is 10.1 Å². The molecule has 0 radical (unpaired) electrons. The van der Waals surface area contributed by atoms with Crippen molar-refractivity contribution in [2.45, 2.75) is 38.8 Å². The number of nitrogens with one attached hydrogen (secondary N) is 1. The van der Waals surface area contributed by atoms with Crippen LogP contribution in [0.25, 0.3) is 0 Å². The minimum Gasteiger partial charge on any atom is -0.481 e. The predicted molar refractivity (Wildman–Crippen MR) is 50.6 cm³/mol. The van der Waals surface area contributed by atoms with E-state index in [1.165, 1.54) is 0 Å². The lowest BCUT2D eigenvalue weighted by atomic mass is 10.3. The number of carboxylic acids is 1. The summed E-state index contributed by atoms with van der Waals surface area (Å²) < 4.78 is 5.41. The van der Waals surface area contributed by atoms with E-state index in [2.05, 4.69) is 12.2 Å². The average molecular weight is 189 g/mol. The van der Waals surface area contributed by atoms with Gasteiger partial charge >= 0.3 is 5.97 Å². The zero-order valence-corrected chi connectivity index (χ0v) is 8.38. The topological polar surface area (TPSA) is 58.6 Å². The van der Waals surface area contributed by atoms with E-state index < -0.39 is 5.97 Å². The summed E-state index contributed by atoms with van der Waals surface area (Å²) in [4.78, 5) is 10.3. The van der Waals surface area contributed by atoms with Crippen molar-refractivity contribution in [2.75, 3.05) is 13.7 Å². The Morgan fingerprint density at radius 1 is 1.62 bits per heavy atom. The molecule has 0 aliphatic heterocycles. The number of unbranched alkanes of at least 4 members (excludes halogenated alkanes) is 1. The Kier molecular flexibility index (Phi) is 7.63. The molecular formula is C9H19NO3. The minimum absolute atomic E-state index is 0.123. The van der Waals surface area contributed by atoms with E-state index in [4.69, 9.17) is 9.84 Å². The maximum Gasteiger partial charge on any atom is 0.303 e. The fourth-order valence-corrected chi connectivity index (χ4v) is 0.936. The predicted octanol–water partition coefficient (Wildman–Crippen LogP) is 1.21. The molecule has 0 aromatic carbocycles. The van der Waals surface area contributed by atoms with Crippen LogP contribution in [0.15, 0.2) is 0 Å². The third-order valence-corrected chi connectivity index (χ3v) is 1.76. The van der Waals surface area contributed by atoms with Crippen LogP contribution in [0.1, 0.15) is 32.6 Å². The third-order valence-electron chi connectivity index (χ3n) is 1.76. The van der Waals surface area contributed by atoms with E-state index in [0.29, 0.717) is 13.0 Å². The molecule has 0 aliphatic carbocycles. The first kappa shape index (κ1) is 12.4. The van der Waals surface area contributed by atoms with Gasteiger partial charge in [0.25, 0.3) is 0 Å². The highest BCUT2D eigenvalue weighted by atomic mass is 16.5. The molecule has 0 aliphatic rings. The van der Waals surface area contributed by atoms with Crippen molar-refractivity contribution < 1.29 is 14.6 Å². The molecule has 0 fully saturated rings. The van der Waals surface area contributed by atoms with Crippen LogP contribution in [-0.2, 0) is 9.53 Å². The van der Waals surface area contributed by atoms with Gasteiger partial charge in [-0.1, -0.05) is 13.3 Å². The maximum atomic E-state index is 10.3. The van der Waals surface area contributed by atoms with Gasteiger partial charge in [0, 0.05) is 13.0 Å². The van der Waals surface area contributed by atoms with Gasteiger partial charge in [0.15, 0.2) is 0 Å². The van der Waals surface area contributed by atoms with E-state index in [1.54, 1.807) is 7.05 Å². The standard InChI is InChI=1S/C9H19NO3/c1-3-4-7-13-8(10-2)5-6-9(11)12/h8,10H,3-7H2,1-2H3,(H,11,12). The number of carboxylic acid groups (broad SMARTS) is 1. The Bertz CT molecular complexity index is 139. The highest BCUT2D eigenvalue weighted by molar-refractivity contribution is 5.66. The SMILES string of the molecule is CCCCOC(CCC(=O)O)NC. The fourth-order valence-electron chi connectivity index (χ4n) is 0.936. The molecule has 4 heteroatoms. The van der Waals surface area contributed by atoms with Gasteiger partial charge in [0.2, 0.25) is 0 Å². The number of aliphatic carboxylic acids is 1. The molecule has 0 aromatic heterocycles. The van der Waals surface area contributed by atoms with Crippen molar-refractivity contribution in [3.63, 3.8) is 0 Å². The lowest BCUT2D eigenvalue weighted by Crippen LogP contribution is -2.29. The van der Waals surface area contributed by atoms with E-state index in [1.807, 2.05) is 0 Å². The molecule has 0 bridgehead atoms. The molecule has 0 saturated carbocycles. The van der Waals surface area contributed by atoms with Gasteiger partial charge < -0.3 is 9.84 Å². The van der Waals surface area contributed by atoms with Crippen LogP contribution >= 0.6 is 0 Å². The Morgan fingerprint density at radius 3 is 2.77 bits per heavy atom. The molecule has 1 atom stereocenters. The summed E-state index contributed by atoms with van der Waals surface area (Å²) in [5, 5.41) is 11.4. The minimum atomic E-state index is -0.778. The summed E-state index contributed by atoms with van der Waals surface area (Å²) in [6.07, 6.45) is 2.66. The summed E-state index contributed by atoms with van der Waals surface area (Å²) in [6, 6.07) is 0. The van der Waals surface area contributed by atoms with E-state index >= 15 is 0 Å². The normalized spacial score (nSPS) is 12.8. The lowest BCUT2D eigenvalue weighted by molar-refractivity contribution is -0.138. The summed E-state index contributed by atoms with van der Waals surface area (Å²) in [6.45, 7) is 2.79. The number of ether oxygens (including phenoxy) is 1. The summed E-state index contributed by atoms with van der Waals surface area (Å²) in [5.41, 5.74) is 0. The van der Waals surface area contributed by atoms with Gasteiger partial charge in [-0.15, -0.1) is 0 Å². The van der Waals surface area contributed by atoms with Crippen LogP contribution in [0.2, 0.25) is 0 Å². The van der Waals surface area contributed by atoms with Crippen molar-refractivity contribution in [2.24, 2.45) is 0 Å². The van der Waals surface area contributed by atoms with Crippen LogP contribution in [0, 0.1) is 0 Å². The largest absolute Gasteiger partial charge is 0.481 e. The third kappa shape index (κ3) is 7.74. The molecule has 0 spiro atoms. The maximum absolute atomic E-state index is 10.3. The summed E-state index contributed by atoms with van der Waals surface area (Å²) in [7, 11) is 1.78. The van der Waals surface area contributed by atoms with Crippen LogP contribution in [0.5, 0.6) is 0 Å². The molecule has 78 valence electrons. The molecule has 0 saturated heterocycles. The molecule has 0 amide bonds. The molecule has 0 rings (SSSR count). The Hall–Kier alpha value is -0.610. The van der Waals surface area contributed by atoms with Crippen LogP contribution in [0.3, 0.4) is 0 Å². The first-order valence-electron chi connectivity index (χ1n) is 4.71. The molecule has 4 nitrogen and oxygen atoms in total. The second kappa shape index (κ2) is 8.01. The zero-order valence-electron chi connectivity index (χ0n) is 8.38. The van der Waals surface area contributed by atoms with Crippen molar-refractivity contribution in [3.05, 3.63) is 0 Å². The monoisotopic (exact) mass is 189 g/mol. The summed E-state index contributed by atoms with van der Waals surface area (Å²) >= 11 is 0. The number of hydrogen-bond donors (Lipinski definition) is 2. The van der Waals surface area contributed by atoms with E-state index in [0.717, 1.165) is 12.8 Å². The van der Waals surface area contributed by atoms with Crippen molar-refractivity contribution in [1.82, 2.24) is 5.32 Å². The van der Waals surface area contributed by atoms with Crippen molar-refractivity contribution >= 4 is 5.97 Å². The van der Waals surface area contributed by atoms with E-state index in [9.17, 15) is 4.79 Å². The van der Waals surface area contributed by atoms with Gasteiger partial charge in [0.1, 0.15) is 6.23 Å². The van der Waals surface area contributed by atoms with Gasteiger partial charge in [0.05, 0.1) is 0 Å².